The Hall–Kier alpha value is -2.15. The summed E-state index contributed by atoms with van der Waals surface area (Å²) in [6.07, 6.45) is 1.87. The predicted octanol–water partition coefficient (Wildman–Crippen LogP) is 1.61. The van der Waals surface area contributed by atoms with Crippen molar-refractivity contribution in [1.82, 2.24) is 19.7 Å². The van der Waals surface area contributed by atoms with Gasteiger partial charge in [0, 0.05) is 20.1 Å². The molecule has 2 heterocycles. The summed E-state index contributed by atoms with van der Waals surface area (Å²) in [5, 5.41) is 9.17. The zero-order chi connectivity index (χ0) is 13.2. The number of nitrogen functional groups attached to an aromatic ring is 1. The largest absolute Gasteiger partial charge is 0.374 e. The van der Waals surface area contributed by atoms with Gasteiger partial charge in [0.05, 0.1) is 17.4 Å². The minimum absolute atomic E-state index is 0.495. The van der Waals surface area contributed by atoms with Crippen molar-refractivity contribution in [3.05, 3.63) is 30.6 Å². The molecule has 3 aromatic rings. The summed E-state index contributed by atoms with van der Waals surface area (Å²) in [4.78, 5) is 6.42. The molecular weight excluding hydrogens is 260 g/mol. The molecule has 0 atom stereocenters. The average Bonchev–Trinajstić information content (AvgIpc) is 3.02. The number of rotatable bonds is 4. The van der Waals surface area contributed by atoms with Gasteiger partial charge in [-0.1, -0.05) is 23.5 Å². The molecule has 98 valence electrons. The normalized spacial score (nSPS) is 11.0. The first kappa shape index (κ1) is 11.9. The van der Waals surface area contributed by atoms with Crippen molar-refractivity contribution in [1.29, 1.82) is 0 Å². The average molecular weight is 274 g/mol. The Kier molecular flexibility index (Phi) is 3.04. The molecule has 7 heteroatoms. The van der Waals surface area contributed by atoms with Crippen LogP contribution in [-0.2, 0) is 6.54 Å². The van der Waals surface area contributed by atoms with Crippen LogP contribution in [0.25, 0.3) is 11.0 Å². The van der Waals surface area contributed by atoms with Crippen LogP contribution in [-0.4, -0.2) is 33.3 Å². The number of imidazole rings is 1. The molecular formula is C12H14N6S. The van der Waals surface area contributed by atoms with Gasteiger partial charge in [0.25, 0.3) is 0 Å². The molecule has 0 amide bonds. The molecule has 0 saturated heterocycles. The Bertz CT molecular complexity index is 688. The van der Waals surface area contributed by atoms with Crippen LogP contribution in [0.3, 0.4) is 0 Å². The monoisotopic (exact) mass is 274 g/mol. The first-order valence-corrected chi connectivity index (χ1v) is 6.75. The van der Waals surface area contributed by atoms with Crippen molar-refractivity contribution in [2.24, 2.45) is 0 Å². The number of aromatic nitrogens is 4. The topological polar surface area (TPSA) is 72.9 Å². The molecule has 0 spiro atoms. The number of para-hydroxylation sites is 2. The summed E-state index contributed by atoms with van der Waals surface area (Å²) in [5.74, 6) is 0. The van der Waals surface area contributed by atoms with E-state index < -0.39 is 0 Å². The highest BCUT2D eigenvalue weighted by molar-refractivity contribution is 7.18. The molecule has 1 aromatic carbocycles. The fourth-order valence-electron chi connectivity index (χ4n) is 1.92. The molecule has 0 aliphatic carbocycles. The second-order valence-corrected chi connectivity index (χ2v) is 5.26. The van der Waals surface area contributed by atoms with Crippen LogP contribution in [0.15, 0.2) is 30.6 Å². The van der Waals surface area contributed by atoms with Crippen molar-refractivity contribution in [3.63, 3.8) is 0 Å². The summed E-state index contributed by atoms with van der Waals surface area (Å²) in [7, 11) is 1.99. The lowest BCUT2D eigenvalue weighted by Gasteiger charge is -2.15. The van der Waals surface area contributed by atoms with Crippen molar-refractivity contribution in [2.45, 2.75) is 6.54 Å². The lowest BCUT2D eigenvalue weighted by atomic mass is 10.3. The van der Waals surface area contributed by atoms with Gasteiger partial charge in [-0.05, 0) is 12.1 Å². The van der Waals surface area contributed by atoms with E-state index >= 15 is 0 Å². The number of likely N-dealkylation sites (N-methyl/N-ethyl adjacent to an activating group) is 1. The van der Waals surface area contributed by atoms with Gasteiger partial charge < -0.3 is 15.2 Å². The first-order chi connectivity index (χ1) is 9.24. The molecule has 0 aliphatic rings. The van der Waals surface area contributed by atoms with Crippen molar-refractivity contribution in [3.8, 4) is 0 Å². The number of benzene rings is 1. The van der Waals surface area contributed by atoms with Crippen LogP contribution >= 0.6 is 11.3 Å². The zero-order valence-electron chi connectivity index (χ0n) is 10.5. The second kappa shape index (κ2) is 4.85. The van der Waals surface area contributed by atoms with Crippen LogP contribution < -0.4 is 10.6 Å². The van der Waals surface area contributed by atoms with E-state index in [0.717, 1.165) is 29.3 Å². The number of anilines is 2. The molecule has 3 rings (SSSR count). The SMILES string of the molecule is CN(CCn1cnc2ccccc21)c1nnc(N)s1. The van der Waals surface area contributed by atoms with E-state index in [-0.39, 0.29) is 0 Å². The maximum absolute atomic E-state index is 5.58. The van der Waals surface area contributed by atoms with Gasteiger partial charge in [0.15, 0.2) is 0 Å². The van der Waals surface area contributed by atoms with Crippen molar-refractivity contribution in [2.75, 3.05) is 24.2 Å². The summed E-state index contributed by atoms with van der Waals surface area (Å²) in [6.45, 7) is 1.67. The van der Waals surface area contributed by atoms with Gasteiger partial charge in [0.1, 0.15) is 0 Å². The summed E-state index contributed by atoms with van der Waals surface area (Å²) >= 11 is 1.39. The van der Waals surface area contributed by atoms with E-state index in [9.17, 15) is 0 Å². The van der Waals surface area contributed by atoms with Gasteiger partial charge in [-0.25, -0.2) is 4.98 Å². The Morgan fingerprint density at radius 1 is 1.32 bits per heavy atom. The molecule has 0 bridgehead atoms. The Morgan fingerprint density at radius 2 is 2.16 bits per heavy atom. The molecule has 0 radical (unpaired) electrons. The predicted molar refractivity (Wildman–Crippen MR) is 77.3 cm³/mol. The summed E-state index contributed by atoms with van der Waals surface area (Å²) < 4.78 is 2.14. The maximum Gasteiger partial charge on any atom is 0.209 e. The van der Waals surface area contributed by atoms with Gasteiger partial charge in [-0.15, -0.1) is 10.2 Å². The lowest BCUT2D eigenvalue weighted by Crippen LogP contribution is -2.22. The smallest absolute Gasteiger partial charge is 0.209 e. The maximum atomic E-state index is 5.58. The summed E-state index contributed by atoms with van der Waals surface area (Å²) in [5.41, 5.74) is 7.75. The van der Waals surface area contributed by atoms with Crippen LogP contribution in [0.1, 0.15) is 0 Å². The second-order valence-electron chi connectivity index (χ2n) is 4.27. The lowest BCUT2D eigenvalue weighted by molar-refractivity contribution is 0.698. The van der Waals surface area contributed by atoms with Gasteiger partial charge in [-0.2, -0.15) is 0 Å². The minimum Gasteiger partial charge on any atom is -0.374 e. The highest BCUT2D eigenvalue weighted by Gasteiger charge is 2.08. The highest BCUT2D eigenvalue weighted by Crippen LogP contribution is 2.20. The van der Waals surface area contributed by atoms with Crippen molar-refractivity contribution >= 4 is 32.6 Å². The molecule has 2 N–H and O–H groups in total. The van der Waals surface area contributed by atoms with E-state index in [4.69, 9.17) is 5.73 Å². The molecule has 0 saturated carbocycles. The van der Waals surface area contributed by atoms with E-state index in [1.165, 1.54) is 11.3 Å². The first-order valence-electron chi connectivity index (χ1n) is 5.94. The van der Waals surface area contributed by atoms with E-state index in [1.54, 1.807) is 0 Å². The Morgan fingerprint density at radius 3 is 2.95 bits per heavy atom. The number of fused-ring (bicyclic) bond motifs is 1. The third kappa shape index (κ3) is 2.37. The van der Waals surface area contributed by atoms with Gasteiger partial charge in [-0.3, -0.25) is 0 Å². The van der Waals surface area contributed by atoms with Gasteiger partial charge >= 0.3 is 0 Å². The van der Waals surface area contributed by atoms with E-state index in [1.807, 2.05) is 36.5 Å². The third-order valence-corrected chi connectivity index (χ3v) is 3.83. The van der Waals surface area contributed by atoms with Crippen LogP contribution in [0.2, 0.25) is 0 Å². The molecule has 0 aliphatic heterocycles. The minimum atomic E-state index is 0.495. The summed E-state index contributed by atoms with van der Waals surface area (Å²) in [6, 6.07) is 8.11. The zero-order valence-corrected chi connectivity index (χ0v) is 11.3. The Labute approximate surface area is 114 Å². The van der Waals surface area contributed by atoms with Crippen LogP contribution in [0, 0.1) is 0 Å². The quantitative estimate of drug-likeness (QED) is 0.782. The van der Waals surface area contributed by atoms with Crippen LogP contribution in [0.5, 0.6) is 0 Å². The van der Waals surface area contributed by atoms with Crippen molar-refractivity contribution < 1.29 is 0 Å². The number of nitrogens with two attached hydrogens (primary N) is 1. The third-order valence-electron chi connectivity index (χ3n) is 2.96. The number of hydrogen-bond donors (Lipinski definition) is 1. The van der Waals surface area contributed by atoms with E-state index in [2.05, 4.69) is 25.8 Å². The van der Waals surface area contributed by atoms with E-state index in [0.29, 0.717) is 5.13 Å². The molecule has 0 fully saturated rings. The van der Waals surface area contributed by atoms with Gasteiger partial charge in [0.2, 0.25) is 10.3 Å². The number of hydrogen-bond acceptors (Lipinski definition) is 6. The number of nitrogens with zero attached hydrogens (tertiary/aromatic N) is 5. The fraction of sp³-hybridized carbons (Fsp3) is 0.250. The molecule has 6 nitrogen and oxygen atoms in total. The molecule has 0 unspecified atom stereocenters. The van der Waals surface area contributed by atoms with Crippen LogP contribution in [0.4, 0.5) is 10.3 Å². The fourth-order valence-corrected chi connectivity index (χ4v) is 2.52. The molecule has 19 heavy (non-hydrogen) atoms. The highest BCUT2D eigenvalue weighted by atomic mass is 32.1. The standard InChI is InChI=1S/C12H14N6S/c1-17(12-16-15-11(13)19-12)6-7-18-8-14-9-4-2-3-5-10(9)18/h2-5,8H,6-7H2,1H3,(H2,13,15). The Balaban J connectivity index is 1.72. The molecule has 2 aromatic heterocycles.